The molecule has 0 aliphatic heterocycles. The minimum Gasteiger partial charge on any atom is -0.369 e. The highest BCUT2D eigenvalue weighted by Crippen LogP contribution is 2.30. The van der Waals surface area contributed by atoms with Gasteiger partial charge in [0, 0.05) is 18.2 Å². The van der Waals surface area contributed by atoms with Gasteiger partial charge in [0.15, 0.2) is 5.82 Å². The molecule has 2 N–H and O–H groups in total. The molecule has 2 aromatic rings. The van der Waals surface area contributed by atoms with Crippen LogP contribution in [0.5, 0.6) is 0 Å². The fraction of sp³-hybridized carbons (Fsp3) is 0.462. The second kappa shape index (κ2) is 4.55. The predicted octanol–water partition coefficient (Wildman–Crippen LogP) is 3.50. The van der Waals surface area contributed by atoms with E-state index in [2.05, 4.69) is 18.8 Å². The third-order valence-corrected chi connectivity index (χ3v) is 3.62. The first kappa shape index (κ1) is 12.8. The van der Waals surface area contributed by atoms with Crippen LogP contribution in [0.1, 0.15) is 33.2 Å². The molecule has 1 aromatic heterocycles. The number of hydrogen-bond acceptors (Lipinski definition) is 2. The molecule has 0 spiro atoms. The molecule has 18 heavy (non-hydrogen) atoms. The van der Waals surface area contributed by atoms with Gasteiger partial charge in [-0.2, -0.15) is 0 Å². The SMILES string of the molecule is CCC(C)C(C)n1c(N)nc2c(F)cc(F)cc21. The number of hydrogen-bond donors (Lipinski definition) is 1. The summed E-state index contributed by atoms with van der Waals surface area (Å²) in [6.07, 6.45) is 0.956. The maximum absolute atomic E-state index is 13.6. The fourth-order valence-corrected chi connectivity index (χ4v) is 2.16. The van der Waals surface area contributed by atoms with Crippen LogP contribution in [0.3, 0.4) is 0 Å². The summed E-state index contributed by atoms with van der Waals surface area (Å²) in [6, 6.07) is 2.15. The highest BCUT2D eigenvalue weighted by atomic mass is 19.1. The van der Waals surface area contributed by atoms with Gasteiger partial charge in [-0.05, 0) is 12.8 Å². The van der Waals surface area contributed by atoms with Crippen molar-refractivity contribution < 1.29 is 8.78 Å². The predicted molar refractivity (Wildman–Crippen MR) is 68.2 cm³/mol. The van der Waals surface area contributed by atoms with Crippen LogP contribution in [0, 0.1) is 17.6 Å². The summed E-state index contributed by atoms with van der Waals surface area (Å²) >= 11 is 0. The average molecular weight is 253 g/mol. The number of nitrogens with zero attached hydrogens (tertiary/aromatic N) is 2. The standard InChI is InChI=1S/C13H17F2N3/c1-4-7(2)8(3)18-11-6-9(14)5-10(15)12(11)17-13(18)16/h5-8H,4H2,1-3H3,(H2,16,17). The summed E-state index contributed by atoms with van der Waals surface area (Å²) in [5, 5.41) is 0. The molecule has 0 radical (unpaired) electrons. The van der Waals surface area contributed by atoms with E-state index < -0.39 is 11.6 Å². The molecule has 0 aliphatic rings. The third kappa shape index (κ3) is 1.94. The van der Waals surface area contributed by atoms with Gasteiger partial charge in [0.2, 0.25) is 5.95 Å². The van der Waals surface area contributed by atoms with Gasteiger partial charge >= 0.3 is 0 Å². The minimum atomic E-state index is -0.674. The van der Waals surface area contributed by atoms with E-state index in [4.69, 9.17) is 5.73 Å². The van der Waals surface area contributed by atoms with Crippen molar-refractivity contribution in [3.63, 3.8) is 0 Å². The maximum Gasteiger partial charge on any atom is 0.201 e. The Labute approximate surface area is 105 Å². The van der Waals surface area contributed by atoms with Gasteiger partial charge in [-0.3, -0.25) is 0 Å². The van der Waals surface area contributed by atoms with Gasteiger partial charge in [-0.25, -0.2) is 13.8 Å². The highest BCUT2D eigenvalue weighted by Gasteiger charge is 2.20. The summed E-state index contributed by atoms with van der Waals surface area (Å²) in [7, 11) is 0. The molecule has 1 heterocycles. The molecule has 0 fully saturated rings. The summed E-state index contributed by atoms with van der Waals surface area (Å²) in [5.74, 6) is -0.720. The number of fused-ring (bicyclic) bond motifs is 1. The smallest absolute Gasteiger partial charge is 0.201 e. The van der Waals surface area contributed by atoms with Crippen molar-refractivity contribution >= 4 is 17.0 Å². The van der Waals surface area contributed by atoms with Crippen LogP contribution in [-0.4, -0.2) is 9.55 Å². The fourth-order valence-electron chi connectivity index (χ4n) is 2.16. The second-order valence-electron chi connectivity index (χ2n) is 4.72. The molecule has 0 bridgehead atoms. The Morgan fingerprint density at radius 3 is 2.61 bits per heavy atom. The Morgan fingerprint density at radius 1 is 1.33 bits per heavy atom. The molecule has 1 aromatic carbocycles. The lowest BCUT2D eigenvalue weighted by molar-refractivity contribution is 0.381. The van der Waals surface area contributed by atoms with Crippen LogP contribution in [0.4, 0.5) is 14.7 Å². The number of anilines is 1. The molecular formula is C13H17F2N3. The van der Waals surface area contributed by atoms with Crippen LogP contribution in [0.15, 0.2) is 12.1 Å². The first-order valence-electron chi connectivity index (χ1n) is 6.08. The zero-order chi connectivity index (χ0) is 13.4. The van der Waals surface area contributed by atoms with Crippen molar-refractivity contribution in [3.05, 3.63) is 23.8 Å². The van der Waals surface area contributed by atoms with Crippen LogP contribution in [0.2, 0.25) is 0 Å². The van der Waals surface area contributed by atoms with Gasteiger partial charge in [0.1, 0.15) is 11.3 Å². The van der Waals surface area contributed by atoms with E-state index in [1.54, 1.807) is 4.57 Å². The highest BCUT2D eigenvalue weighted by molar-refractivity contribution is 5.79. The van der Waals surface area contributed by atoms with Crippen molar-refractivity contribution in [1.82, 2.24) is 9.55 Å². The molecular weight excluding hydrogens is 236 g/mol. The lowest BCUT2D eigenvalue weighted by Crippen LogP contribution is -2.15. The third-order valence-electron chi connectivity index (χ3n) is 3.62. The minimum absolute atomic E-state index is 0.0428. The molecule has 0 saturated carbocycles. The molecule has 98 valence electrons. The number of nitrogen functional groups attached to an aromatic ring is 1. The molecule has 0 amide bonds. The Kier molecular flexibility index (Phi) is 3.24. The zero-order valence-electron chi connectivity index (χ0n) is 10.7. The van der Waals surface area contributed by atoms with E-state index in [9.17, 15) is 8.78 Å². The number of halogens is 2. The molecule has 5 heteroatoms. The Bertz CT molecular complexity index is 577. The molecule has 2 unspecified atom stereocenters. The van der Waals surface area contributed by atoms with Crippen molar-refractivity contribution in [2.75, 3.05) is 5.73 Å². The van der Waals surface area contributed by atoms with E-state index in [-0.39, 0.29) is 17.5 Å². The molecule has 3 nitrogen and oxygen atoms in total. The lowest BCUT2D eigenvalue weighted by Gasteiger charge is -2.21. The van der Waals surface area contributed by atoms with Crippen LogP contribution < -0.4 is 5.73 Å². The summed E-state index contributed by atoms with van der Waals surface area (Å²) < 4.78 is 28.6. The largest absolute Gasteiger partial charge is 0.369 e. The van der Waals surface area contributed by atoms with Gasteiger partial charge in [-0.15, -0.1) is 0 Å². The van der Waals surface area contributed by atoms with Crippen molar-refractivity contribution in [2.24, 2.45) is 5.92 Å². The van der Waals surface area contributed by atoms with E-state index >= 15 is 0 Å². The van der Waals surface area contributed by atoms with Gasteiger partial charge in [0.25, 0.3) is 0 Å². The Balaban J connectivity index is 2.67. The average Bonchev–Trinajstić information content (AvgIpc) is 2.64. The summed E-state index contributed by atoms with van der Waals surface area (Å²) in [4.78, 5) is 3.99. The van der Waals surface area contributed by atoms with Gasteiger partial charge in [0.05, 0.1) is 5.52 Å². The summed E-state index contributed by atoms with van der Waals surface area (Å²) in [6.45, 7) is 6.12. The number of aromatic nitrogens is 2. The van der Waals surface area contributed by atoms with Gasteiger partial charge in [-0.1, -0.05) is 20.3 Å². The molecule has 0 saturated heterocycles. The topological polar surface area (TPSA) is 43.8 Å². The van der Waals surface area contributed by atoms with Crippen molar-refractivity contribution in [2.45, 2.75) is 33.2 Å². The lowest BCUT2D eigenvalue weighted by atomic mass is 10.0. The maximum atomic E-state index is 13.6. The van der Waals surface area contributed by atoms with Crippen molar-refractivity contribution in [1.29, 1.82) is 0 Å². The normalized spacial score (nSPS) is 14.9. The monoisotopic (exact) mass is 253 g/mol. The molecule has 2 atom stereocenters. The molecule has 0 aliphatic carbocycles. The first-order valence-corrected chi connectivity index (χ1v) is 6.08. The van der Waals surface area contributed by atoms with E-state index in [1.165, 1.54) is 6.07 Å². The number of imidazole rings is 1. The van der Waals surface area contributed by atoms with Gasteiger partial charge < -0.3 is 10.3 Å². The number of rotatable bonds is 3. The van der Waals surface area contributed by atoms with Crippen molar-refractivity contribution in [3.8, 4) is 0 Å². The number of benzene rings is 1. The second-order valence-corrected chi connectivity index (χ2v) is 4.72. The van der Waals surface area contributed by atoms with Crippen LogP contribution in [-0.2, 0) is 0 Å². The Morgan fingerprint density at radius 2 is 2.00 bits per heavy atom. The number of nitrogens with two attached hydrogens (primary N) is 1. The van der Waals surface area contributed by atoms with E-state index in [0.29, 0.717) is 11.4 Å². The van der Waals surface area contributed by atoms with Crippen LogP contribution in [0.25, 0.3) is 11.0 Å². The zero-order valence-corrected chi connectivity index (χ0v) is 10.7. The molecule has 2 rings (SSSR count). The van der Waals surface area contributed by atoms with E-state index in [0.717, 1.165) is 12.5 Å². The van der Waals surface area contributed by atoms with E-state index in [1.807, 2.05) is 6.92 Å². The summed E-state index contributed by atoms with van der Waals surface area (Å²) in [5.41, 5.74) is 6.37. The first-order chi connectivity index (χ1) is 8.45. The quantitative estimate of drug-likeness (QED) is 0.909. The van der Waals surface area contributed by atoms with Crippen LogP contribution >= 0.6 is 0 Å². The Hall–Kier alpha value is -1.65.